The zero-order valence-corrected chi connectivity index (χ0v) is 15.8. The number of ether oxygens (including phenoxy) is 1. The van der Waals surface area contributed by atoms with Crippen LogP contribution in [-0.4, -0.2) is 44.2 Å². The van der Waals surface area contributed by atoms with Gasteiger partial charge in [-0.3, -0.25) is 0 Å². The molecule has 3 rings (SSSR count). The van der Waals surface area contributed by atoms with Crippen LogP contribution in [0.1, 0.15) is 17.9 Å². The Balaban J connectivity index is 1.68. The van der Waals surface area contributed by atoms with Crippen LogP contribution >= 0.6 is 11.6 Å². The number of nitrogens with zero attached hydrogens (tertiary/aromatic N) is 1. The molecule has 2 aromatic rings. The molecule has 2 N–H and O–H groups in total. The first kappa shape index (κ1) is 18.5. The van der Waals surface area contributed by atoms with Gasteiger partial charge in [0.1, 0.15) is 5.75 Å². The largest absolute Gasteiger partial charge is 0.497 e. The molecule has 0 radical (unpaired) electrons. The Hall–Kier alpha value is -2.24. The highest BCUT2D eigenvalue weighted by Crippen LogP contribution is 2.28. The summed E-state index contributed by atoms with van der Waals surface area (Å²) in [6, 6.07) is 15.1. The number of halogens is 1. The van der Waals surface area contributed by atoms with Crippen LogP contribution in [0.2, 0.25) is 5.02 Å². The fourth-order valence-corrected chi connectivity index (χ4v) is 3.47. The number of hydrogen-bond donors (Lipinski definition) is 2. The van der Waals surface area contributed by atoms with Gasteiger partial charge in [0.15, 0.2) is 0 Å². The number of likely N-dealkylation sites (tertiary alicyclic amines) is 1. The monoisotopic (exact) mass is 373 g/mol. The summed E-state index contributed by atoms with van der Waals surface area (Å²) in [5.41, 5.74) is 1.93. The smallest absolute Gasteiger partial charge is 0.319 e. The van der Waals surface area contributed by atoms with Crippen LogP contribution in [0.3, 0.4) is 0 Å². The average Bonchev–Trinajstić information content (AvgIpc) is 2.65. The maximum atomic E-state index is 12.4. The van der Waals surface area contributed by atoms with Crippen LogP contribution < -0.4 is 15.4 Å². The van der Waals surface area contributed by atoms with Crippen molar-refractivity contribution in [3.63, 3.8) is 0 Å². The van der Waals surface area contributed by atoms with Crippen molar-refractivity contribution in [3.8, 4) is 5.75 Å². The third-order valence-electron chi connectivity index (χ3n) is 4.78. The maximum absolute atomic E-state index is 12.4. The van der Waals surface area contributed by atoms with Crippen LogP contribution in [0, 0.1) is 0 Å². The number of hydrogen-bond acceptors (Lipinski definition) is 3. The fraction of sp³-hybridized carbons (Fsp3) is 0.350. The van der Waals surface area contributed by atoms with Gasteiger partial charge in [0.25, 0.3) is 0 Å². The second-order valence-corrected chi connectivity index (χ2v) is 7.08. The number of carbonyl (C=O) groups excluding carboxylic acids is 1. The fourth-order valence-electron chi connectivity index (χ4n) is 3.35. The Kier molecular flexibility index (Phi) is 6.01. The Morgan fingerprint density at radius 3 is 2.50 bits per heavy atom. The molecule has 1 saturated heterocycles. The van der Waals surface area contributed by atoms with E-state index < -0.39 is 0 Å². The van der Waals surface area contributed by atoms with Crippen molar-refractivity contribution in [1.29, 1.82) is 0 Å². The summed E-state index contributed by atoms with van der Waals surface area (Å²) in [5.74, 6) is 1.07. The van der Waals surface area contributed by atoms with Crippen molar-refractivity contribution < 1.29 is 9.53 Å². The lowest BCUT2D eigenvalue weighted by Crippen LogP contribution is -2.49. The number of benzene rings is 2. The lowest BCUT2D eigenvalue weighted by molar-refractivity contribution is 0.202. The summed E-state index contributed by atoms with van der Waals surface area (Å²) in [6.07, 6.45) is 0.904. The zero-order chi connectivity index (χ0) is 18.5. The highest BCUT2D eigenvalue weighted by atomic mass is 35.5. The van der Waals surface area contributed by atoms with Gasteiger partial charge in [-0.2, -0.15) is 0 Å². The third-order valence-corrected chi connectivity index (χ3v) is 5.03. The van der Waals surface area contributed by atoms with Gasteiger partial charge in [0.2, 0.25) is 0 Å². The minimum atomic E-state index is -0.194. The molecule has 1 aliphatic heterocycles. The molecule has 138 valence electrons. The average molecular weight is 374 g/mol. The molecule has 0 saturated carbocycles. The van der Waals surface area contributed by atoms with Crippen molar-refractivity contribution in [1.82, 2.24) is 10.2 Å². The molecule has 0 aliphatic carbocycles. The summed E-state index contributed by atoms with van der Waals surface area (Å²) in [4.78, 5) is 14.7. The van der Waals surface area contributed by atoms with E-state index in [4.69, 9.17) is 16.3 Å². The van der Waals surface area contributed by atoms with Crippen LogP contribution in [-0.2, 0) is 0 Å². The van der Waals surface area contributed by atoms with Crippen molar-refractivity contribution in [3.05, 3.63) is 59.1 Å². The molecule has 1 heterocycles. The molecule has 1 fully saturated rings. The molecule has 2 amide bonds. The van der Waals surface area contributed by atoms with Crippen molar-refractivity contribution in [2.45, 2.75) is 18.4 Å². The van der Waals surface area contributed by atoms with E-state index in [-0.39, 0.29) is 18.0 Å². The predicted molar refractivity (Wildman–Crippen MR) is 105 cm³/mol. The molecule has 2 atom stereocenters. The molecular weight excluding hydrogens is 350 g/mol. The highest BCUT2D eigenvalue weighted by molar-refractivity contribution is 6.30. The van der Waals surface area contributed by atoms with Crippen LogP contribution in [0.25, 0.3) is 0 Å². The normalized spacial score (nSPS) is 20.4. The SMILES string of the molecule is COc1ccc([C@@H]2CN(C)CC[C@H]2NC(=O)Nc2ccc(Cl)cc2)cc1. The number of anilines is 1. The molecule has 0 aromatic heterocycles. The van der Waals surface area contributed by atoms with Crippen LogP contribution in [0.15, 0.2) is 48.5 Å². The van der Waals surface area contributed by atoms with E-state index in [1.54, 1.807) is 31.4 Å². The molecule has 26 heavy (non-hydrogen) atoms. The quantitative estimate of drug-likeness (QED) is 0.852. The summed E-state index contributed by atoms with van der Waals surface area (Å²) in [7, 11) is 3.77. The number of likely N-dealkylation sites (N-methyl/N-ethyl adjacent to an activating group) is 1. The Morgan fingerprint density at radius 2 is 1.85 bits per heavy atom. The zero-order valence-electron chi connectivity index (χ0n) is 15.0. The van der Waals surface area contributed by atoms with E-state index in [1.807, 2.05) is 12.1 Å². The molecular formula is C20H24ClN3O2. The standard InChI is InChI=1S/C20H24ClN3O2/c1-24-12-11-19(18(13-24)14-3-9-17(26-2)10-4-14)23-20(25)22-16-7-5-15(21)6-8-16/h3-10,18-19H,11-13H2,1-2H3,(H2,22,23,25)/t18-,19+/m0/s1. The first-order valence-electron chi connectivity index (χ1n) is 8.71. The van der Waals surface area contributed by atoms with Gasteiger partial charge >= 0.3 is 6.03 Å². The predicted octanol–water partition coefficient (Wildman–Crippen LogP) is 3.96. The number of amides is 2. The topological polar surface area (TPSA) is 53.6 Å². The first-order chi connectivity index (χ1) is 12.5. The van der Waals surface area contributed by atoms with Crippen LogP contribution in [0.5, 0.6) is 5.75 Å². The Labute approximate surface area is 159 Å². The molecule has 2 aromatic carbocycles. The molecule has 1 aliphatic rings. The van der Waals surface area contributed by atoms with E-state index >= 15 is 0 Å². The lowest BCUT2D eigenvalue weighted by atomic mass is 9.86. The number of nitrogens with one attached hydrogen (secondary N) is 2. The molecule has 0 bridgehead atoms. The summed E-state index contributed by atoms with van der Waals surface area (Å²) >= 11 is 5.88. The van der Waals surface area contributed by atoms with E-state index in [0.717, 1.165) is 30.9 Å². The van der Waals surface area contributed by atoms with Gasteiger partial charge in [-0.15, -0.1) is 0 Å². The van der Waals surface area contributed by atoms with E-state index in [0.29, 0.717) is 5.02 Å². The second kappa shape index (κ2) is 8.43. The lowest BCUT2D eigenvalue weighted by Gasteiger charge is -2.37. The van der Waals surface area contributed by atoms with Crippen molar-refractivity contribution >= 4 is 23.3 Å². The maximum Gasteiger partial charge on any atom is 0.319 e. The molecule has 0 spiro atoms. The number of piperidine rings is 1. The van der Waals surface area contributed by atoms with Gasteiger partial charge in [-0.25, -0.2) is 4.79 Å². The summed E-state index contributed by atoms with van der Waals surface area (Å²) in [6.45, 7) is 1.86. The van der Waals surface area contributed by atoms with Crippen molar-refractivity contribution in [2.75, 3.05) is 32.6 Å². The molecule has 5 nitrogen and oxygen atoms in total. The highest BCUT2D eigenvalue weighted by Gasteiger charge is 2.30. The second-order valence-electron chi connectivity index (χ2n) is 6.64. The van der Waals surface area contributed by atoms with E-state index in [9.17, 15) is 4.79 Å². The van der Waals surface area contributed by atoms with E-state index in [1.165, 1.54) is 5.56 Å². The third kappa shape index (κ3) is 4.68. The minimum Gasteiger partial charge on any atom is -0.497 e. The molecule has 0 unspecified atom stereocenters. The number of methoxy groups -OCH3 is 1. The summed E-state index contributed by atoms with van der Waals surface area (Å²) in [5, 5.41) is 6.66. The van der Waals surface area contributed by atoms with Crippen LogP contribution in [0.4, 0.5) is 10.5 Å². The minimum absolute atomic E-state index is 0.0758. The van der Waals surface area contributed by atoms with E-state index in [2.05, 4.69) is 34.7 Å². The Bertz CT molecular complexity index is 734. The number of rotatable bonds is 4. The van der Waals surface area contributed by atoms with Crippen molar-refractivity contribution in [2.24, 2.45) is 0 Å². The summed E-state index contributed by atoms with van der Waals surface area (Å²) < 4.78 is 5.24. The Morgan fingerprint density at radius 1 is 1.15 bits per heavy atom. The van der Waals surface area contributed by atoms with Gasteiger partial charge in [0, 0.05) is 29.2 Å². The molecule has 6 heteroatoms. The van der Waals surface area contributed by atoms with Gasteiger partial charge in [-0.1, -0.05) is 23.7 Å². The van der Waals surface area contributed by atoms with Gasteiger partial charge in [-0.05, 0) is 62.0 Å². The van der Waals surface area contributed by atoms with Gasteiger partial charge in [0.05, 0.1) is 7.11 Å². The van der Waals surface area contributed by atoms with Gasteiger partial charge < -0.3 is 20.3 Å². The number of urea groups is 1. The number of carbonyl (C=O) groups is 1. The first-order valence-corrected chi connectivity index (χ1v) is 9.08.